The third-order valence-corrected chi connectivity index (χ3v) is 5.79. The molecule has 6 nitrogen and oxygen atoms in total. The van der Waals surface area contributed by atoms with Crippen LogP contribution in [0.25, 0.3) is 21.9 Å². The second-order valence-electron chi connectivity index (χ2n) is 7.82. The van der Waals surface area contributed by atoms with E-state index in [1.165, 1.54) is 6.20 Å². The maximum atomic E-state index is 13.5. The Kier molecular flexibility index (Phi) is 4.97. The number of carbonyl (C=O) groups excluding carboxylic acids is 1. The van der Waals surface area contributed by atoms with E-state index in [4.69, 9.17) is 0 Å². The van der Waals surface area contributed by atoms with Crippen LogP contribution in [0.15, 0.2) is 48.8 Å². The Morgan fingerprint density at radius 1 is 1.13 bits per heavy atom. The number of fused-ring (bicyclic) bond motifs is 2. The molecule has 2 aromatic heterocycles. The standard InChI is InChI=1S/C23H21F2N5O/c24-17-10-20-21(11-18(17)25)29-22(13-27-20)28-12-16-3-1-2-8-30(16)23(31)15-5-4-14-6-7-26-19(14)9-15/h4-7,9-11,13,16,26H,1-3,8,12H2,(H,28,29)/t16-/m0/s1. The molecule has 2 aromatic carbocycles. The van der Waals surface area contributed by atoms with Gasteiger partial charge in [-0.05, 0) is 42.8 Å². The number of hydrogen-bond donors (Lipinski definition) is 2. The molecule has 31 heavy (non-hydrogen) atoms. The molecule has 0 aliphatic carbocycles. The van der Waals surface area contributed by atoms with Gasteiger partial charge in [-0.1, -0.05) is 6.07 Å². The van der Waals surface area contributed by atoms with Crippen LogP contribution in [0.1, 0.15) is 29.6 Å². The summed E-state index contributed by atoms with van der Waals surface area (Å²) in [4.78, 5) is 26.8. The minimum atomic E-state index is -0.956. The smallest absolute Gasteiger partial charge is 0.254 e. The second kappa shape index (κ2) is 7.94. The van der Waals surface area contributed by atoms with Gasteiger partial charge in [0.25, 0.3) is 5.91 Å². The molecule has 4 aromatic rings. The molecule has 1 atom stereocenters. The van der Waals surface area contributed by atoms with Crippen molar-refractivity contribution in [2.45, 2.75) is 25.3 Å². The minimum Gasteiger partial charge on any atom is -0.367 e. The Morgan fingerprint density at radius 2 is 1.97 bits per heavy atom. The Labute approximate surface area is 177 Å². The number of H-pyrrole nitrogens is 1. The first kappa shape index (κ1) is 19.4. The first-order valence-electron chi connectivity index (χ1n) is 10.3. The van der Waals surface area contributed by atoms with Gasteiger partial charge in [-0.3, -0.25) is 9.78 Å². The lowest BCUT2D eigenvalue weighted by atomic mass is 10.0. The Balaban J connectivity index is 1.33. The van der Waals surface area contributed by atoms with E-state index in [9.17, 15) is 13.6 Å². The van der Waals surface area contributed by atoms with Crippen LogP contribution >= 0.6 is 0 Å². The van der Waals surface area contributed by atoms with Crippen molar-refractivity contribution < 1.29 is 13.6 Å². The molecule has 1 aliphatic rings. The van der Waals surface area contributed by atoms with Crippen molar-refractivity contribution in [1.82, 2.24) is 19.9 Å². The number of carbonyl (C=O) groups is 1. The van der Waals surface area contributed by atoms with E-state index in [2.05, 4.69) is 20.3 Å². The number of nitrogens with zero attached hydrogens (tertiary/aromatic N) is 3. The van der Waals surface area contributed by atoms with Crippen molar-refractivity contribution in [2.75, 3.05) is 18.4 Å². The summed E-state index contributed by atoms with van der Waals surface area (Å²) < 4.78 is 26.9. The minimum absolute atomic E-state index is 0.00281. The first-order chi connectivity index (χ1) is 15.1. The van der Waals surface area contributed by atoms with Crippen LogP contribution in [0.2, 0.25) is 0 Å². The van der Waals surface area contributed by atoms with Gasteiger partial charge >= 0.3 is 0 Å². The SMILES string of the molecule is O=C(c1ccc2cc[nH]c2c1)N1CCCC[C@H]1CNc1cnc2cc(F)c(F)cc2n1. The summed E-state index contributed by atoms with van der Waals surface area (Å²) in [6, 6.07) is 9.74. The van der Waals surface area contributed by atoms with E-state index in [1.54, 1.807) is 0 Å². The van der Waals surface area contributed by atoms with Crippen LogP contribution in [0.5, 0.6) is 0 Å². The Morgan fingerprint density at radius 3 is 2.84 bits per heavy atom. The van der Waals surface area contributed by atoms with Crippen LogP contribution in [0.4, 0.5) is 14.6 Å². The number of piperidine rings is 1. The van der Waals surface area contributed by atoms with Gasteiger partial charge in [-0.2, -0.15) is 0 Å². The Hall–Kier alpha value is -3.55. The van der Waals surface area contributed by atoms with Gasteiger partial charge in [-0.25, -0.2) is 13.8 Å². The molecule has 8 heteroatoms. The number of anilines is 1. The van der Waals surface area contributed by atoms with Crippen LogP contribution in [-0.4, -0.2) is 44.9 Å². The van der Waals surface area contributed by atoms with E-state index in [0.717, 1.165) is 42.3 Å². The van der Waals surface area contributed by atoms with Gasteiger partial charge in [0.2, 0.25) is 0 Å². The van der Waals surface area contributed by atoms with Gasteiger partial charge < -0.3 is 15.2 Å². The molecule has 0 spiro atoms. The Bertz CT molecular complexity index is 1270. The number of aromatic nitrogens is 3. The molecule has 5 rings (SSSR count). The predicted octanol–water partition coefficient (Wildman–Crippen LogP) is 4.50. The summed E-state index contributed by atoms with van der Waals surface area (Å²) in [5, 5.41) is 4.28. The molecule has 0 unspecified atom stereocenters. The van der Waals surface area contributed by atoms with Gasteiger partial charge in [0.1, 0.15) is 5.82 Å². The van der Waals surface area contributed by atoms with E-state index >= 15 is 0 Å². The van der Waals surface area contributed by atoms with Gasteiger partial charge in [0.15, 0.2) is 11.6 Å². The second-order valence-corrected chi connectivity index (χ2v) is 7.82. The van der Waals surface area contributed by atoms with E-state index in [-0.39, 0.29) is 17.5 Å². The maximum Gasteiger partial charge on any atom is 0.254 e. The third kappa shape index (κ3) is 3.81. The average Bonchev–Trinajstić information content (AvgIpc) is 3.26. The lowest BCUT2D eigenvalue weighted by Gasteiger charge is -2.36. The van der Waals surface area contributed by atoms with Crippen molar-refractivity contribution in [1.29, 1.82) is 0 Å². The molecule has 3 heterocycles. The molecule has 158 valence electrons. The van der Waals surface area contributed by atoms with Crippen LogP contribution in [0, 0.1) is 11.6 Å². The topological polar surface area (TPSA) is 73.9 Å². The molecule has 0 bridgehead atoms. The average molecular weight is 421 g/mol. The van der Waals surface area contributed by atoms with Gasteiger partial charge in [-0.15, -0.1) is 0 Å². The molecule has 1 saturated heterocycles. The summed E-state index contributed by atoms with van der Waals surface area (Å²) >= 11 is 0. The van der Waals surface area contributed by atoms with Crippen molar-refractivity contribution >= 4 is 33.7 Å². The predicted molar refractivity (Wildman–Crippen MR) is 115 cm³/mol. The molecular formula is C23H21F2N5O. The normalized spacial score (nSPS) is 16.7. The van der Waals surface area contributed by atoms with Gasteiger partial charge in [0, 0.05) is 48.5 Å². The molecule has 2 N–H and O–H groups in total. The number of likely N-dealkylation sites (tertiary alicyclic amines) is 1. The molecular weight excluding hydrogens is 400 g/mol. The highest BCUT2D eigenvalue weighted by atomic mass is 19.2. The quantitative estimate of drug-likeness (QED) is 0.509. The number of rotatable bonds is 4. The first-order valence-corrected chi connectivity index (χ1v) is 10.3. The zero-order chi connectivity index (χ0) is 21.4. The van der Waals surface area contributed by atoms with Gasteiger partial charge in [0.05, 0.1) is 17.2 Å². The summed E-state index contributed by atoms with van der Waals surface area (Å²) in [6.07, 6.45) is 6.24. The summed E-state index contributed by atoms with van der Waals surface area (Å²) in [6.45, 7) is 1.20. The highest BCUT2D eigenvalue weighted by Crippen LogP contribution is 2.23. The number of amides is 1. The number of benzene rings is 2. The fourth-order valence-corrected chi connectivity index (χ4v) is 4.14. The number of aromatic amines is 1. The largest absolute Gasteiger partial charge is 0.367 e. The summed E-state index contributed by atoms with van der Waals surface area (Å²) in [7, 11) is 0. The van der Waals surface area contributed by atoms with E-state index < -0.39 is 11.6 Å². The van der Waals surface area contributed by atoms with Crippen LogP contribution in [-0.2, 0) is 0 Å². The van der Waals surface area contributed by atoms with Crippen molar-refractivity contribution in [3.8, 4) is 0 Å². The summed E-state index contributed by atoms with van der Waals surface area (Å²) in [5.74, 6) is -1.44. The molecule has 0 saturated carbocycles. The zero-order valence-corrected chi connectivity index (χ0v) is 16.7. The highest BCUT2D eigenvalue weighted by molar-refractivity contribution is 5.98. The lowest BCUT2D eigenvalue weighted by molar-refractivity contribution is 0.0628. The monoisotopic (exact) mass is 421 g/mol. The van der Waals surface area contributed by atoms with Crippen molar-refractivity contribution in [3.05, 3.63) is 66.0 Å². The van der Waals surface area contributed by atoms with E-state index in [1.807, 2.05) is 35.4 Å². The number of halogens is 2. The molecule has 1 fully saturated rings. The fourth-order valence-electron chi connectivity index (χ4n) is 4.14. The van der Waals surface area contributed by atoms with Crippen LogP contribution in [0.3, 0.4) is 0 Å². The highest BCUT2D eigenvalue weighted by Gasteiger charge is 2.27. The lowest BCUT2D eigenvalue weighted by Crippen LogP contribution is -2.47. The van der Waals surface area contributed by atoms with Crippen LogP contribution < -0.4 is 5.32 Å². The van der Waals surface area contributed by atoms with Crippen molar-refractivity contribution in [2.24, 2.45) is 0 Å². The van der Waals surface area contributed by atoms with E-state index in [0.29, 0.717) is 30.0 Å². The molecule has 1 aliphatic heterocycles. The fraction of sp³-hybridized carbons (Fsp3) is 0.261. The molecule has 0 radical (unpaired) electrons. The number of hydrogen-bond acceptors (Lipinski definition) is 4. The zero-order valence-electron chi connectivity index (χ0n) is 16.7. The summed E-state index contributed by atoms with van der Waals surface area (Å²) in [5.41, 5.74) is 2.16. The molecule has 1 amide bonds. The number of nitrogens with one attached hydrogen (secondary N) is 2. The third-order valence-electron chi connectivity index (χ3n) is 5.79. The van der Waals surface area contributed by atoms with Crippen molar-refractivity contribution in [3.63, 3.8) is 0 Å². The maximum absolute atomic E-state index is 13.5.